The van der Waals surface area contributed by atoms with Gasteiger partial charge in [0.05, 0.1) is 13.1 Å². The average Bonchev–Trinajstić information content (AvgIpc) is 3.24. The van der Waals surface area contributed by atoms with Crippen LogP contribution in [0, 0.1) is 0 Å². The van der Waals surface area contributed by atoms with Gasteiger partial charge in [0, 0.05) is 23.5 Å². The first kappa shape index (κ1) is 25.4. The van der Waals surface area contributed by atoms with Crippen LogP contribution in [0.15, 0.2) is 46.8 Å². The van der Waals surface area contributed by atoms with E-state index in [0.717, 1.165) is 16.9 Å². The van der Waals surface area contributed by atoms with Gasteiger partial charge in [-0.1, -0.05) is 25.1 Å². The molecule has 1 heterocycles. The number of nitrogens with one attached hydrogen (secondary N) is 3. The zero-order valence-corrected chi connectivity index (χ0v) is 20.3. The maximum atomic E-state index is 12.1. The predicted molar refractivity (Wildman–Crippen MR) is 131 cm³/mol. The van der Waals surface area contributed by atoms with Crippen LogP contribution in [0.3, 0.4) is 0 Å². The summed E-state index contributed by atoms with van der Waals surface area (Å²) in [5.41, 5.74) is 0.618. The normalized spacial score (nSPS) is 13.2. The van der Waals surface area contributed by atoms with Gasteiger partial charge in [-0.25, -0.2) is 4.99 Å². The monoisotopic (exact) mass is 530 g/mol. The highest BCUT2D eigenvalue weighted by molar-refractivity contribution is 14.0. The lowest BCUT2D eigenvalue weighted by Gasteiger charge is -2.23. The quantitative estimate of drug-likeness (QED) is 0.227. The van der Waals surface area contributed by atoms with Crippen molar-refractivity contribution in [1.29, 1.82) is 0 Å². The van der Waals surface area contributed by atoms with E-state index in [0.29, 0.717) is 37.7 Å². The number of aliphatic hydroxyl groups is 1. The molecule has 1 aromatic heterocycles. The van der Waals surface area contributed by atoms with Gasteiger partial charge >= 0.3 is 0 Å². The largest absolute Gasteiger partial charge is 0.383 e. The Morgan fingerprint density at radius 3 is 2.62 bits per heavy atom. The molecule has 0 saturated heterocycles. The van der Waals surface area contributed by atoms with Gasteiger partial charge in [-0.05, 0) is 49.4 Å². The van der Waals surface area contributed by atoms with E-state index >= 15 is 0 Å². The number of halogens is 1. The van der Waals surface area contributed by atoms with E-state index in [1.807, 2.05) is 49.6 Å². The number of aliphatic imine (C=N–C) groups is 1. The molecule has 0 aliphatic rings. The molecule has 0 aliphatic heterocycles. The summed E-state index contributed by atoms with van der Waals surface area (Å²) in [6.45, 7) is 7.97. The number of carbonyl (C=O) groups excluding carboxylic acids is 1. The second-order valence-corrected chi connectivity index (χ2v) is 7.70. The van der Waals surface area contributed by atoms with E-state index < -0.39 is 5.60 Å². The minimum absolute atomic E-state index is 0. The molecule has 6 nitrogen and oxygen atoms in total. The van der Waals surface area contributed by atoms with Crippen LogP contribution in [0.1, 0.15) is 48.0 Å². The van der Waals surface area contributed by atoms with Gasteiger partial charge in [0.1, 0.15) is 5.60 Å². The van der Waals surface area contributed by atoms with Crippen LogP contribution in [0.25, 0.3) is 0 Å². The Morgan fingerprint density at radius 1 is 1.17 bits per heavy atom. The number of thiophene rings is 1. The fraction of sp³-hybridized carbons (Fsp3) is 0.429. The van der Waals surface area contributed by atoms with E-state index in [4.69, 9.17) is 0 Å². The Balaban J connectivity index is 0.00000420. The van der Waals surface area contributed by atoms with Gasteiger partial charge in [0.25, 0.3) is 5.91 Å². The first-order valence-corrected chi connectivity index (χ1v) is 10.5. The molecule has 4 N–H and O–H groups in total. The van der Waals surface area contributed by atoms with Crippen molar-refractivity contribution < 1.29 is 9.90 Å². The molecule has 1 unspecified atom stereocenters. The van der Waals surface area contributed by atoms with E-state index in [9.17, 15) is 9.90 Å². The predicted octanol–water partition coefficient (Wildman–Crippen LogP) is 3.47. The summed E-state index contributed by atoms with van der Waals surface area (Å²) in [6, 6.07) is 11.3. The Bertz CT molecular complexity index is 779. The standard InChI is InChI=1S/C21H30N4O2S.HI/c1-4-11-23-19(26)17-9-6-8-16(13-17)14-24-20(22-5-2)25-15-21(3,27)18-10-7-12-28-18;/h6-10,12-13,27H,4-5,11,14-15H2,1-3H3,(H,23,26)(H2,22,24,25);1H. The van der Waals surface area contributed by atoms with Gasteiger partial charge in [-0.2, -0.15) is 0 Å². The summed E-state index contributed by atoms with van der Waals surface area (Å²) in [6.07, 6.45) is 0.905. The van der Waals surface area contributed by atoms with Gasteiger partial charge in [-0.15, -0.1) is 35.3 Å². The van der Waals surface area contributed by atoms with Crippen LogP contribution < -0.4 is 16.0 Å². The fourth-order valence-corrected chi connectivity index (χ4v) is 3.38. The smallest absolute Gasteiger partial charge is 0.251 e. The molecule has 0 aliphatic carbocycles. The summed E-state index contributed by atoms with van der Waals surface area (Å²) in [7, 11) is 0. The Labute approximate surface area is 194 Å². The van der Waals surface area contributed by atoms with E-state index in [1.54, 1.807) is 13.0 Å². The lowest BCUT2D eigenvalue weighted by atomic mass is 10.1. The molecule has 8 heteroatoms. The SMILES string of the molecule is CCCNC(=O)c1cccc(CN=C(NCC)NCC(C)(O)c2cccs2)c1.I. The summed E-state index contributed by atoms with van der Waals surface area (Å²) in [4.78, 5) is 17.6. The topological polar surface area (TPSA) is 85.8 Å². The molecule has 1 aromatic carbocycles. The minimum atomic E-state index is -0.971. The molecule has 0 spiro atoms. The number of rotatable bonds is 9. The summed E-state index contributed by atoms with van der Waals surface area (Å²) >= 11 is 1.53. The van der Waals surface area contributed by atoms with Crippen LogP contribution in [-0.2, 0) is 12.1 Å². The van der Waals surface area contributed by atoms with Crippen molar-refractivity contribution in [3.05, 3.63) is 57.8 Å². The number of hydrogen-bond acceptors (Lipinski definition) is 4. The fourth-order valence-electron chi connectivity index (χ4n) is 2.59. The van der Waals surface area contributed by atoms with Crippen molar-refractivity contribution in [1.82, 2.24) is 16.0 Å². The second-order valence-electron chi connectivity index (χ2n) is 6.76. The molecule has 2 aromatic rings. The van der Waals surface area contributed by atoms with E-state index in [2.05, 4.69) is 20.9 Å². The first-order valence-electron chi connectivity index (χ1n) is 9.62. The molecule has 29 heavy (non-hydrogen) atoms. The van der Waals surface area contributed by atoms with E-state index in [-0.39, 0.29) is 29.9 Å². The number of amides is 1. The Kier molecular flexibility index (Phi) is 11.2. The van der Waals surface area contributed by atoms with Crippen LogP contribution in [0.2, 0.25) is 0 Å². The number of benzene rings is 1. The van der Waals surface area contributed by atoms with Crippen molar-refractivity contribution in [2.24, 2.45) is 4.99 Å². The third-order valence-electron chi connectivity index (χ3n) is 4.14. The van der Waals surface area contributed by atoms with Crippen LogP contribution in [0.4, 0.5) is 0 Å². The molecular formula is C21H31IN4O2S. The van der Waals surface area contributed by atoms with Gasteiger partial charge in [-0.3, -0.25) is 4.79 Å². The molecule has 0 fully saturated rings. The molecule has 1 atom stereocenters. The van der Waals surface area contributed by atoms with Crippen molar-refractivity contribution >= 4 is 47.2 Å². The lowest BCUT2D eigenvalue weighted by Crippen LogP contribution is -2.44. The second kappa shape index (κ2) is 12.8. The number of carbonyl (C=O) groups is 1. The third-order valence-corrected chi connectivity index (χ3v) is 5.26. The molecule has 0 saturated carbocycles. The van der Waals surface area contributed by atoms with Crippen LogP contribution in [0.5, 0.6) is 0 Å². The average molecular weight is 530 g/mol. The number of hydrogen-bond donors (Lipinski definition) is 4. The number of nitrogens with zero attached hydrogens (tertiary/aromatic N) is 1. The summed E-state index contributed by atoms with van der Waals surface area (Å²) in [5.74, 6) is 0.560. The molecule has 0 radical (unpaired) electrons. The minimum Gasteiger partial charge on any atom is -0.383 e. The van der Waals surface area contributed by atoms with Gasteiger partial charge in [0.15, 0.2) is 5.96 Å². The molecule has 160 valence electrons. The molecular weight excluding hydrogens is 499 g/mol. The highest BCUT2D eigenvalue weighted by Gasteiger charge is 2.24. The zero-order chi connectivity index (χ0) is 20.4. The van der Waals surface area contributed by atoms with Crippen LogP contribution in [-0.4, -0.2) is 36.6 Å². The van der Waals surface area contributed by atoms with Crippen molar-refractivity contribution in [3.8, 4) is 0 Å². The molecule has 2 rings (SSSR count). The van der Waals surface area contributed by atoms with E-state index in [1.165, 1.54) is 11.3 Å². The van der Waals surface area contributed by atoms with Crippen molar-refractivity contribution in [2.75, 3.05) is 19.6 Å². The highest BCUT2D eigenvalue weighted by atomic mass is 127. The zero-order valence-electron chi connectivity index (χ0n) is 17.2. The first-order chi connectivity index (χ1) is 13.5. The maximum absolute atomic E-state index is 12.1. The third kappa shape index (κ3) is 8.31. The Morgan fingerprint density at radius 2 is 1.97 bits per heavy atom. The number of guanidine groups is 1. The highest BCUT2D eigenvalue weighted by Crippen LogP contribution is 2.24. The maximum Gasteiger partial charge on any atom is 0.251 e. The van der Waals surface area contributed by atoms with Crippen molar-refractivity contribution in [2.45, 2.75) is 39.3 Å². The Hall–Kier alpha value is -1.65. The molecule has 0 bridgehead atoms. The van der Waals surface area contributed by atoms with Gasteiger partial charge in [0.2, 0.25) is 0 Å². The van der Waals surface area contributed by atoms with Crippen molar-refractivity contribution in [3.63, 3.8) is 0 Å². The van der Waals surface area contributed by atoms with Gasteiger partial charge < -0.3 is 21.1 Å². The summed E-state index contributed by atoms with van der Waals surface area (Å²) in [5, 5.41) is 21.9. The lowest BCUT2D eigenvalue weighted by molar-refractivity contribution is 0.0655. The molecule has 1 amide bonds. The van der Waals surface area contributed by atoms with Crippen LogP contribution >= 0.6 is 35.3 Å². The summed E-state index contributed by atoms with van der Waals surface area (Å²) < 4.78 is 0.